The number of carbonyl (C=O) groups excluding carboxylic acids is 1. The number of hydrogen-bond acceptors (Lipinski definition) is 3. The predicted molar refractivity (Wildman–Crippen MR) is 77.9 cm³/mol. The van der Waals surface area contributed by atoms with Crippen LogP contribution in [0.5, 0.6) is 0 Å². The van der Waals surface area contributed by atoms with E-state index in [1.54, 1.807) is 6.08 Å². The Labute approximate surface area is 123 Å². The summed E-state index contributed by atoms with van der Waals surface area (Å²) in [5.41, 5.74) is 1.20. The molecule has 1 aromatic rings. The van der Waals surface area contributed by atoms with Gasteiger partial charge in [-0.3, -0.25) is 4.79 Å². The molecule has 21 heavy (non-hydrogen) atoms. The van der Waals surface area contributed by atoms with E-state index < -0.39 is 11.6 Å². The number of nitrogens with zero attached hydrogens (tertiary/aromatic N) is 2. The first-order valence-corrected chi connectivity index (χ1v) is 7.05. The zero-order valence-electron chi connectivity index (χ0n) is 12.0. The summed E-state index contributed by atoms with van der Waals surface area (Å²) in [4.78, 5) is 27.3. The van der Waals surface area contributed by atoms with Crippen molar-refractivity contribution in [1.82, 2.24) is 9.80 Å². The van der Waals surface area contributed by atoms with Crippen molar-refractivity contribution >= 4 is 11.9 Å². The number of carboxylic acid groups (broad SMARTS) is 1. The highest BCUT2D eigenvalue weighted by Crippen LogP contribution is 2.35. The summed E-state index contributed by atoms with van der Waals surface area (Å²) in [7, 11) is 0. The first-order chi connectivity index (χ1) is 10.0. The molecule has 1 atom stereocenters. The molecule has 5 heteroatoms. The zero-order valence-corrected chi connectivity index (χ0v) is 12.0. The third kappa shape index (κ3) is 2.18. The number of carbonyl (C=O) groups is 2. The molecule has 5 nitrogen and oxygen atoms in total. The van der Waals surface area contributed by atoms with Gasteiger partial charge in [-0.1, -0.05) is 30.3 Å². The SMILES string of the molecule is CC1=CC(=O)C2(Cc3ccccc3)CN(C(=O)O)CCN12. The van der Waals surface area contributed by atoms with Gasteiger partial charge >= 0.3 is 6.09 Å². The Kier molecular flexibility index (Phi) is 3.20. The number of benzene rings is 1. The number of rotatable bonds is 2. The molecule has 1 amide bonds. The van der Waals surface area contributed by atoms with Crippen LogP contribution in [0, 0.1) is 0 Å². The summed E-state index contributed by atoms with van der Waals surface area (Å²) in [6.07, 6.45) is 1.22. The first-order valence-electron chi connectivity index (χ1n) is 7.05. The fourth-order valence-electron chi connectivity index (χ4n) is 3.38. The van der Waals surface area contributed by atoms with Crippen molar-refractivity contribution in [2.45, 2.75) is 18.9 Å². The van der Waals surface area contributed by atoms with Crippen molar-refractivity contribution < 1.29 is 14.7 Å². The summed E-state index contributed by atoms with van der Waals surface area (Å²) < 4.78 is 0. The van der Waals surface area contributed by atoms with E-state index in [2.05, 4.69) is 4.90 Å². The van der Waals surface area contributed by atoms with Gasteiger partial charge in [-0.2, -0.15) is 0 Å². The molecule has 1 fully saturated rings. The zero-order chi connectivity index (χ0) is 15.0. The monoisotopic (exact) mass is 286 g/mol. The number of fused-ring (bicyclic) bond motifs is 1. The lowest BCUT2D eigenvalue weighted by atomic mass is 9.85. The molecule has 1 unspecified atom stereocenters. The van der Waals surface area contributed by atoms with Gasteiger partial charge in [0.2, 0.25) is 0 Å². The van der Waals surface area contributed by atoms with Crippen molar-refractivity contribution in [3.8, 4) is 0 Å². The Morgan fingerprint density at radius 3 is 2.67 bits per heavy atom. The van der Waals surface area contributed by atoms with Gasteiger partial charge < -0.3 is 14.9 Å². The average Bonchev–Trinajstić information content (AvgIpc) is 2.71. The quantitative estimate of drug-likeness (QED) is 0.899. The van der Waals surface area contributed by atoms with Gasteiger partial charge in [0.15, 0.2) is 5.78 Å². The minimum Gasteiger partial charge on any atom is -0.465 e. The van der Waals surface area contributed by atoms with E-state index in [0.29, 0.717) is 19.5 Å². The van der Waals surface area contributed by atoms with E-state index in [1.165, 1.54) is 4.90 Å². The van der Waals surface area contributed by atoms with Crippen LogP contribution in [0.15, 0.2) is 42.1 Å². The van der Waals surface area contributed by atoms with E-state index in [4.69, 9.17) is 0 Å². The van der Waals surface area contributed by atoms with Gasteiger partial charge in [-0.05, 0) is 12.5 Å². The molecule has 3 rings (SSSR count). The van der Waals surface area contributed by atoms with Crippen LogP contribution in [-0.2, 0) is 11.2 Å². The molecule has 0 aromatic heterocycles. The molecule has 0 bridgehead atoms. The van der Waals surface area contributed by atoms with Crippen LogP contribution in [0.3, 0.4) is 0 Å². The predicted octanol–water partition coefficient (Wildman–Crippen LogP) is 1.75. The summed E-state index contributed by atoms with van der Waals surface area (Å²) in [5.74, 6) is 0.00908. The second-order valence-electron chi connectivity index (χ2n) is 5.70. The molecule has 0 spiro atoms. The lowest BCUT2D eigenvalue weighted by Gasteiger charge is -2.47. The minimum absolute atomic E-state index is 0.00908. The van der Waals surface area contributed by atoms with Crippen LogP contribution in [0.1, 0.15) is 12.5 Å². The molecule has 110 valence electrons. The van der Waals surface area contributed by atoms with E-state index in [0.717, 1.165) is 11.3 Å². The Morgan fingerprint density at radius 1 is 1.29 bits per heavy atom. The Hall–Kier alpha value is -2.30. The molecule has 2 heterocycles. The Morgan fingerprint density at radius 2 is 2.00 bits per heavy atom. The number of allylic oxidation sites excluding steroid dienone is 1. The van der Waals surface area contributed by atoms with Gasteiger partial charge in [0, 0.05) is 31.3 Å². The molecule has 1 saturated heterocycles. The fourth-order valence-corrected chi connectivity index (χ4v) is 3.38. The number of amides is 1. The standard InChI is InChI=1S/C16H18N2O3/c1-12-9-14(19)16(10-13-5-3-2-4-6-13)11-17(15(20)21)7-8-18(12)16/h2-6,9H,7-8,10-11H2,1H3,(H,20,21). The molecule has 2 aliphatic heterocycles. The number of ketones is 1. The third-order valence-corrected chi connectivity index (χ3v) is 4.40. The number of hydrogen-bond donors (Lipinski definition) is 1. The molecular formula is C16H18N2O3. The van der Waals surface area contributed by atoms with E-state index in [-0.39, 0.29) is 12.3 Å². The minimum atomic E-state index is -0.959. The van der Waals surface area contributed by atoms with E-state index in [1.807, 2.05) is 37.3 Å². The molecule has 0 saturated carbocycles. The van der Waals surface area contributed by atoms with Crippen LogP contribution in [0.2, 0.25) is 0 Å². The molecule has 0 radical (unpaired) electrons. The Balaban J connectivity index is 1.96. The maximum absolute atomic E-state index is 12.6. The summed E-state index contributed by atoms with van der Waals surface area (Å²) >= 11 is 0. The van der Waals surface area contributed by atoms with Crippen molar-refractivity contribution in [3.63, 3.8) is 0 Å². The van der Waals surface area contributed by atoms with E-state index in [9.17, 15) is 14.7 Å². The second-order valence-corrected chi connectivity index (χ2v) is 5.70. The lowest BCUT2D eigenvalue weighted by molar-refractivity contribution is -0.125. The van der Waals surface area contributed by atoms with Gasteiger partial charge in [0.05, 0.1) is 6.54 Å². The molecule has 0 aliphatic carbocycles. The smallest absolute Gasteiger partial charge is 0.407 e. The maximum Gasteiger partial charge on any atom is 0.407 e. The van der Waals surface area contributed by atoms with Crippen LogP contribution in [0.25, 0.3) is 0 Å². The van der Waals surface area contributed by atoms with Crippen molar-refractivity contribution in [1.29, 1.82) is 0 Å². The summed E-state index contributed by atoms with van der Waals surface area (Å²) in [5, 5.41) is 9.27. The highest BCUT2D eigenvalue weighted by molar-refractivity contribution is 6.02. The van der Waals surface area contributed by atoms with Gasteiger partial charge in [0.1, 0.15) is 5.54 Å². The van der Waals surface area contributed by atoms with Gasteiger partial charge in [0.25, 0.3) is 0 Å². The van der Waals surface area contributed by atoms with Crippen molar-refractivity contribution in [2.24, 2.45) is 0 Å². The highest BCUT2D eigenvalue weighted by Gasteiger charge is 2.51. The van der Waals surface area contributed by atoms with Crippen molar-refractivity contribution in [3.05, 3.63) is 47.7 Å². The average molecular weight is 286 g/mol. The lowest BCUT2D eigenvalue weighted by Crippen LogP contribution is -2.64. The molecular weight excluding hydrogens is 268 g/mol. The van der Waals surface area contributed by atoms with Crippen LogP contribution in [-0.4, -0.2) is 52.0 Å². The van der Waals surface area contributed by atoms with Crippen molar-refractivity contribution in [2.75, 3.05) is 19.6 Å². The summed E-state index contributed by atoms with van der Waals surface area (Å²) in [6, 6.07) is 9.77. The third-order valence-electron chi connectivity index (χ3n) is 4.40. The van der Waals surface area contributed by atoms with Crippen LogP contribution >= 0.6 is 0 Å². The van der Waals surface area contributed by atoms with Crippen LogP contribution in [0.4, 0.5) is 4.79 Å². The molecule has 1 aromatic carbocycles. The number of piperazine rings is 1. The maximum atomic E-state index is 12.6. The van der Waals surface area contributed by atoms with Crippen LogP contribution < -0.4 is 0 Å². The topological polar surface area (TPSA) is 60.9 Å². The highest BCUT2D eigenvalue weighted by atomic mass is 16.4. The second kappa shape index (κ2) is 4.91. The van der Waals surface area contributed by atoms with Gasteiger partial charge in [-0.15, -0.1) is 0 Å². The fraction of sp³-hybridized carbons (Fsp3) is 0.375. The Bertz CT molecular complexity index is 611. The van der Waals surface area contributed by atoms with E-state index >= 15 is 0 Å². The first kappa shape index (κ1) is 13.7. The largest absolute Gasteiger partial charge is 0.465 e. The van der Waals surface area contributed by atoms with Gasteiger partial charge in [-0.25, -0.2) is 4.79 Å². The summed E-state index contributed by atoms with van der Waals surface area (Å²) in [6.45, 7) is 3.14. The molecule has 1 N–H and O–H groups in total. The normalized spacial score (nSPS) is 24.8. The molecule has 2 aliphatic rings.